The van der Waals surface area contributed by atoms with Crippen LogP contribution in [0.1, 0.15) is 11.4 Å². The van der Waals surface area contributed by atoms with Crippen LogP contribution in [0.15, 0.2) is 47.0 Å². The molecule has 0 aliphatic carbocycles. The van der Waals surface area contributed by atoms with Crippen LogP contribution in [-0.2, 0) is 6.61 Å². The van der Waals surface area contributed by atoms with Crippen molar-refractivity contribution in [1.82, 2.24) is 10.1 Å². The Morgan fingerprint density at radius 1 is 1.14 bits per heavy atom. The molecular formula is C16H12Cl2N2O2. The molecule has 0 spiro atoms. The van der Waals surface area contributed by atoms with Crippen LogP contribution in [0.3, 0.4) is 0 Å². The van der Waals surface area contributed by atoms with Crippen LogP contribution < -0.4 is 4.74 Å². The van der Waals surface area contributed by atoms with Crippen molar-refractivity contribution in [3.8, 4) is 17.2 Å². The van der Waals surface area contributed by atoms with Gasteiger partial charge in [-0.1, -0.05) is 34.4 Å². The van der Waals surface area contributed by atoms with E-state index in [2.05, 4.69) is 10.1 Å². The Hall–Kier alpha value is -2.04. The van der Waals surface area contributed by atoms with E-state index in [1.165, 1.54) is 0 Å². The van der Waals surface area contributed by atoms with E-state index < -0.39 is 0 Å². The number of hydrogen-bond donors (Lipinski definition) is 0. The first kappa shape index (κ1) is 14.9. The maximum Gasteiger partial charge on any atom is 0.258 e. The number of aryl methyl sites for hydroxylation is 1. The fourth-order valence-electron chi connectivity index (χ4n) is 1.91. The van der Waals surface area contributed by atoms with E-state index in [1.807, 2.05) is 25.1 Å². The predicted octanol–water partition coefficient (Wildman–Crippen LogP) is 4.93. The highest BCUT2D eigenvalue weighted by molar-refractivity contribution is 6.31. The minimum atomic E-state index is 0.213. The molecule has 3 rings (SSSR count). The molecule has 0 unspecified atom stereocenters. The van der Waals surface area contributed by atoms with Gasteiger partial charge < -0.3 is 9.26 Å². The van der Waals surface area contributed by atoms with Gasteiger partial charge >= 0.3 is 0 Å². The molecule has 0 N–H and O–H groups in total. The average molecular weight is 335 g/mol. The summed E-state index contributed by atoms with van der Waals surface area (Å²) in [7, 11) is 0. The Labute approximate surface area is 137 Å². The summed E-state index contributed by atoms with van der Waals surface area (Å²) in [6.45, 7) is 2.13. The third-order valence-corrected chi connectivity index (χ3v) is 3.70. The fourth-order valence-corrected chi connectivity index (χ4v) is 2.21. The molecular weight excluding hydrogens is 323 g/mol. The summed E-state index contributed by atoms with van der Waals surface area (Å²) >= 11 is 11.9. The van der Waals surface area contributed by atoms with E-state index in [1.54, 1.807) is 24.3 Å². The predicted molar refractivity (Wildman–Crippen MR) is 85.3 cm³/mol. The highest BCUT2D eigenvalue weighted by Gasteiger charge is 2.10. The van der Waals surface area contributed by atoms with Gasteiger partial charge in [0.2, 0.25) is 5.82 Å². The third kappa shape index (κ3) is 3.40. The first-order valence-corrected chi connectivity index (χ1v) is 7.35. The second-order valence-electron chi connectivity index (χ2n) is 4.73. The minimum absolute atomic E-state index is 0.213. The molecule has 112 valence electrons. The van der Waals surface area contributed by atoms with Crippen LogP contribution in [0, 0.1) is 6.92 Å². The summed E-state index contributed by atoms with van der Waals surface area (Å²) in [4.78, 5) is 4.29. The van der Waals surface area contributed by atoms with Gasteiger partial charge in [0, 0.05) is 15.6 Å². The van der Waals surface area contributed by atoms with E-state index in [4.69, 9.17) is 32.5 Å². The summed E-state index contributed by atoms with van der Waals surface area (Å²) in [6, 6.07) is 12.7. The molecule has 0 aliphatic rings. The molecule has 1 heterocycles. The van der Waals surface area contributed by atoms with Gasteiger partial charge in [0.15, 0.2) is 6.61 Å². The average Bonchev–Trinajstić information content (AvgIpc) is 2.97. The minimum Gasteiger partial charge on any atom is -0.485 e. The summed E-state index contributed by atoms with van der Waals surface area (Å²) < 4.78 is 10.8. The lowest BCUT2D eigenvalue weighted by atomic mass is 10.2. The molecule has 0 atom stereocenters. The van der Waals surface area contributed by atoms with Gasteiger partial charge in [-0.3, -0.25) is 0 Å². The summed E-state index contributed by atoms with van der Waals surface area (Å²) in [6.07, 6.45) is 0. The number of ether oxygens (including phenoxy) is 1. The zero-order chi connectivity index (χ0) is 15.5. The van der Waals surface area contributed by atoms with Gasteiger partial charge in [-0.2, -0.15) is 4.98 Å². The third-order valence-electron chi connectivity index (χ3n) is 3.04. The first-order chi connectivity index (χ1) is 10.6. The fraction of sp³-hybridized carbons (Fsp3) is 0.125. The van der Waals surface area contributed by atoms with Gasteiger partial charge in [-0.25, -0.2) is 0 Å². The van der Waals surface area contributed by atoms with E-state index in [0.717, 1.165) is 11.1 Å². The molecule has 0 saturated heterocycles. The Balaban J connectivity index is 1.70. The zero-order valence-corrected chi connectivity index (χ0v) is 13.2. The molecule has 0 amide bonds. The number of halogens is 2. The number of nitrogens with zero attached hydrogens (tertiary/aromatic N) is 2. The second kappa shape index (κ2) is 6.38. The number of aromatic nitrogens is 2. The monoisotopic (exact) mass is 334 g/mol. The standard InChI is InChI=1S/C16H12Cl2N2O2/c1-10-7-13(5-6-14(10)18)21-9-15-19-16(22-20-15)11-3-2-4-12(17)8-11/h2-8H,9H2,1H3. The topological polar surface area (TPSA) is 48.2 Å². The molecule has 0 saturated carbocycles. The van der Waals surface area contributed by atoms with Crippen LogP contribution in [0.2, 0.25) is 10.0 Å². The maximum absolute atomic E-state index is 5.98. The lowest BCUT2D eigenvalue weighted by Gasteiger charge is -2.05. The largest absolute Gasteiger partial charge is 0.485 e. The van der Waals surface area contributed by atoms with Crippen molar-refractivity contribution in [2.45, 2.75) is 13.5 Å². The summed E-state index contributed by atoms with van der Waals surface area (Å²) in [5.74, 6) is 1.58. The molecule has 0 radical (unpaired) electrons. The summed E-state index contributed by atoms with van der Waals surface area (Å²) in [5, 5.41) is 5.22. The highest BCUT2D eigenvalue weighted by Crippen LogP contribution is 2.23. The normalized spacial score (nSPS) is 10.7. The van der Waals surface area contributed by atoms with Crippen LogP contribution >= 0.6 is 23.2 Å². The van der Waals surface area contributed by atoms with Gasteiger partial charge in [0.1, 0.15) is 5.75 Å². The van der Waals surface area contributed by atoms with E-state index in [0.29, 0.717) is 27.5 Å². The van der Waals surface area contributed by atoms with Crippen molar-refractivity contribution >= 4 is 23.2 Å². The molecule has 3 aromatic rings. The van der Waals surface area contributed by atoms with Crippen LogP contribution in [0.25, 0.3) is 11.5 Å². The van der Waals surface area contributed by atoms with Crippen molar-refractivity contribution in [2.24, 2.45) is 0 Å². The van der Waals surface area contributed by atoms with Crippen molar-refractivity contribution < 1.29 is 9.26 Å². The van der Waals surface area contributed by atoms with Crippen molar-refractivity contribution in [1.29, 1.82) is 0 Å². The zero-order valence-electron chi connectivity index (χ0n) is 11.7. The van der Waals surface area contributed by atoms with E-state index >= 15 is 0 Å². The Morgan fingerprint density at radius 2 is 2.00 bits per heavy atom. The molecule has 0 aliphatic heterocycles. The van der Waals surface area contributed by atoms with Crippen LogP contribution in [0.4, 0.5) is 0 Å². The molecule has 2 aromatic carbocycles. The van der Waals surface area contributed by atoms with E-state index in [9.17, 15) is 0 Å². The Morgan fingerprint density at radius 3 is 2.77 bits per heavy atom. The van der Waals surface area contributed by atoms with Crippen molar-refractivity contribution in [2.75, 3.05) is 0 Å². The smallest absolute Gasteiger partial charge is 0.258 e. The molecule has 0 fully saturated rings. The molecule has 22 heavy (non-hydrogen) atoms. The second-order valence-corrected chi connectivity index (χ2v) is 5.57. The molecule has 1 aromatic heterocycles. The summed E-state index contributed by atoms with van der Waals surface area (Å²) in [5.41, 5.74) is 1.72. The quantitative estimate of drug-likeness (QED) is 0.678. The molecule has 0 bridgehead atoms. The first-order valence-electron chi connectivity index (χ1n) is 6.59. The van der Waals surface area contributed by atoms with E-state index in [-0.39, 0.29) is 6.61 Å². The van der Waals surface area contributed by atoms with Gasteiger partial charge in [-0.15, -0.1) is 0 Å². The molecule has 6 heteroatoms. The lowest BCUT2D eigenvalue weighted by Crippen LogP contribution is -1.97. The highest BCUT2D eigenvalue weighted by atomic mass is 35.5. The lowest BCUT2D eigenvalue weighted by molar-refractivity contribution is 0.287. The van der Waals surface area contributed by atoms with Crippen molar-refractivity contribution in [3.63, 3.8) is 0 Å². The van der Waals surface area contributed by atoms with Gasteiger partial charge in [-0.05, 0) is 48.9 Å². The van der Waals surface area contributed by atoms with Gasteiger partial charge in [0.05, 0.1) is 0 Å². The SMILES string of the molecule is Cc1cc(OCc2noc(-c3cccc(Cl)c3)n2)ccc1Cl. The van der Waals surface area contributed by atoms with Crippen LogP contribution in [-0.4, -0.2) is 10.1 Å². The Kier molecular flexibility index (Phi) is 4.32. The molecule has 4 nitrogen and oxygen atoms in total. The number of hydrogen-bond acceptors (Lipinski definition) is 4. The number of benzene rings is 2. The van der Waals surface area contributed by atoms with Crippen LogP contribution in [0.5, 0.6) is 5.75 Å². The van der Waals surface area contributed by atoms with Gasteiger partial charge in [0.25, 0.3) is 5.89 Å². The maximum atomic E-state index is 5.98. The van der Waals surface area contributed by atoms with Crippen molar-refractivity contribution in [3.05, 3.63) is 63.9 Å². The number of rotatable bonds is 4. The Bertz CT molecular complexity index is 802.